The van der Waals surface area contributed by atoms with Crippen molar-refractivity contribution in [3.63, 3.8) is 0 Å². The highest BCUT2D eigenvalue weighted by atomic mass is 16.7. The molecule has 2 nitrogen and oxygen atoms in total. The van der Waals surface area contributed by atoms with Crippen LogP contribution in [0, 0.1) is 0 Å². The molecule has 2 rings (SSSR count). The summed E-state index contributed by atoms with van der Waals surface area (Å²) in [5, 5.41) is 2.11. The van der Waals surface area contributed by atoms with Crippen LogP contribution >= 0.6 is 0 Å². The Balaban J connectivity index is 0.00000146. The molecule has 2 aromatic carbocycles. The molecule has 0 N–H and O–H groups in total. The Morgan fingerprint density at radius 1 is 0.692 bits per heavy atom. The van der Waals surface area contributed by atoms with Crippen molar-refractivity contribution >= 4 is 0 Å². The van der Waals surface area contributed by atoms with Gasteiger partial charge in [0, 0.05) is 5.54 Å². The van der Waals surface area contributed by atoms with Gasteiger partial charge in [0.2, 0.25) is 0 Å². The molecule has 0 radical (unpaired) electrons. The van der Waals surface area contributed by atoms with Crippen LogP contribution < -0.4 is 0 Å². The van der Waals surface area contributed by atoms with Crippen molar-refractivity contribution in [1.82, 2.24) is 5.06 Å². The van der Waals surface area contributed by atoms with Crippen molar-refractivity contribution in [3.05, 3.63) is 71.8 Å². The quantitative estimate of drug-likeness (QED) is 0.511. The molecule has 146 valence electrons. The maximum Gasteiger partial charge on any atom is 0.102 e. The second kappa shape index (κ2) is 12.7. The summed E-state index contributed by atoms with van der Waals surface area (Å²) in [6.45, 7) is 18.8. The summed E-state index contributed by atoms with van der Waals surface area (Å²) in [4.78, 5) is 6.35. The Kier molecular flexibility index (Phi) is 11.9. The molecule has 0 saturated heterocycles. The minimum atomic E-state index is -0.0850. The van der Waals surface area contributed by atoms with Crippen LogP contribution in [0.5, 0.6) is 0 Å². The summed E-state index contributed by atoms with van der Waals surface area (Å²) in [5.74, 6) is 0. The molecule has 2 atom stereocenters. The first-order valence-corrected chi connectivity index (χ1v) is 9.95. The van der Waals surface area contributed by atoms with Crippen molar-refractivity contribution in [2.45, 2.75) is 80.0 Å². The van der Waals surface area contributed by atoms with E-state index in [0.29, 0.717) is 0 Å². The number of hydroxylamine groups is 2. The van der Waals surface area contributed by atoms with Gasteiger partial charge >= 0.3 is 0 Å². The van der Waals surface area contributed by atoms with Gasteiger partial charge in [-0.3, -0.25) is 4.84 Å². The zero-order valence-electron chi connectivity index (χ0n) is 18.3. The first-order chi connectivity index (χ1) is 12.4. The van der Waals surface area contributed by atoms with E-state index in [1.165, 1.54) is 11.1 Å². The molecule has 2 heteroatoms. The van der Waals surface area contributed by atoms with Gasteiger partial charge in [-0.2, -0.15) is 5.06 Å². The fraction of sp³-hybridized carbons (Fsp3) is 0.500. The normalized spacial score (nSPS) is 13.0. The summed E-state index contributed by atoms with van der Waals surface area (Å²) >= 11 is 0. The van der Waals surface area contributed by atoms with Crippen LogP contribution in [0.1, 0.15) is 85.6 Å². The monoisotopic (exact) mass is 357 g/mol. The third-order valence-corrected chi connectivity index (χ3v) is 3.84. The van der Waals surface area contributed by atoms with E-state index in [4.69, 9.17) is 4.84 Å². The van der Waals surface area contributed by atoms with Crippen LogP contribution in [0.3, 0.4) is 0 Å². The predicted molar refractivity (Wildman–Crippen MR) is 115 cm³/mol. The molecule has 0 aromatic heterocycles. The Labute approximate surface area is 162 Å². The number of nitrogens with zero attached hydrogens (tertiary/aromatic N) is 1. The molecule has 0 saturated carbocycles. The van der Waals surface area contributed by atoms with Gasteiger partial charge in [-0.15, -0.1) is 0 Å². The zero-order chi connectivity index (χ0) is 20.2. The predicted octanol–water partition coefficient (Wildman–Crippen LogP) is 7.59. The van der Waals surface area contributed by atoms with E-state index in [9.17, 15) is 0 Å². The van der Waals surface area contributed by atoms with Crippen LogP contribution in [0.2, 0.25) is 0 Å². The van der Waals surface area contributed by atoms with Gasteiger partial charge in [-0.25, -0.2) is 0 Å². The van der Waals surface area contributed by atoms with Gasteiger partial charge < -0.3 is 0 Å². The topological polar surface area (TPSA) is 12.5 Å². The summed E-state index contributed by atoms with van der Waals surface area (Å²) in [5.41, 5.74) is 2.37. The lowest BCUT2D eigenvalue weighted by atomic mass is 10.0. The number of rotatable bonds is 5. The minimum absolute atomic E-state index is 0.0200. The maximum atomic E-state index is 6.35. The molecule has 0 amide bonds. The molecular formula is C24H39NO. The Bertz CT molecular complexity index is 560. The standard InChI is InChI=1S/C20H27NO.2C2H6/c1-16(18-12-8-6-9-13-18)21(20(3,4)5)22-17(2)19-14-10-7-11-15-19;2*1-2/h6-17H,1-5H3;2*1-2H3. The molecule has 0 heterocycles. The summed E-state index contributed by atoms with van der Waals surface area (Å²) < 4.78 is 0. The van der Waals surface area contributed by atoms with E-state index in [2.05, 4.69) is 88.2 Å². The average molecular weight is 358 g/mol. The fourth-order valence-corrected chi connectivity index (χ4v) is 2.65. The van der Waals surface area contributed by atoms with E-state index >= 15 is 0 Å². The molecule has 0 bridgehead atoms. The van der Waals surface area contributed by atoms with Gasteiger partial charge in [-0.05, 0) is 45.7 Å². The fourth-order valence-electron chi connectivity index (χ4n) is 2.65. The molecule has 2 aromatic rings. The molecule has 0 spiro atoms. The lowest BCUT2D eigenvalue weighted by Crippen LogP contribution is -2.43. The lowest BCUT2D eigenvalue weighted by molar-refractivity contribution is -0.262. The van der Waals surface area contributed by atoms with Crippen LogP contribution in [0.15, 0.2) is 60.7 Å². The van der Waals surface area contributed by atoms with Gasteiger partial charge in [0.05, 0.1) is 6.04 Å². The second-order valence-electron chi connectivity index (χ2n) is 6.74. The van der Waals surface area contributed by atoms with Crippen LogP contribution in [0.4, 0.5) is 0 Å². The maximum absolute atomic E-state index is 6.35. The van der Waals surface area contributed by atoms with E-state index in [0.717, 1.165) is 0 Å². The first-order valence-electron chi connectivity index (χ1n) is 9.95. The van der Waals surface area contributed by atoms with Gasteiger partial charge in [0.25, 0.3) is 0 Å². The van der Waals surface area contributed by atoms with Gasteiger partial charge in [0.15, 0.2) is 0 Å². The van der Waals surface area contributed by atoms with Crippen LogP contribution in [-0.2, 0) is 4.84 Å². The molecule has 0 aliphatic carbocycles. The van der Waals surface area contributed by atoms with Crippen LogP contribution in [0.25, 0.3) is 0 Å². The van der Waals surface area contributed by atoms with E-state index < -0.39 is 0 Å². The van der Waals surface area contributed by atoms with Gasteiger partial charge in [0.1, 0.15) is 6.10 Å². The Morgan fingerprint density at radius 3 is 1.46 bits per heavy atom. The number of benzene rings is 2. The first kappa shape index (κ1) is 24.4. The van der Waals surface area contributed by atoms with E-state index in [1.54, 1.807) is 0 Å². The lowest BCUT2D eigenvalue weighted by Gasteiger charge is -2.40. The molecule has 0 aliphatic rings. The van der Waals surface area contributed by atoms with Crippen molar-refractivity contribution < 1.29 is 4.84 Å². The van der Waals surface area contributed by atoms with Crippen molar-refractivity contribution in [1.29, 1.82) is 0 Å². The van der Waals surface area contributed by atoms with E-state index in [1.807, 2.05) is 39.8 Å². The molecule has 26 heavy (non-hydrogen) atoms. The summed E-state index contributed by atoms with van der Waals surface area (Å²) in [6.07, 6.45) is 0.0200. The highest BCUT2D eigenvalue weighted by Gasteiger charge is 2.30. The average Bonchev–Trinajstić information content (AvgIpc) is 2.69. The van der Waals surface area contributed by atoms with Crippen molar-refractivity contribution in [2.75, 3.05) is 0 Å². The largest absolute Gasteiger partial charge is 0.290 e. The molecule has 0 aliphatic heterocycles. The van der Waals surface area contributed by atoms with Crippen molar-refractivity contribution in [3.8, 4) is 0 Å². The van der Waals surface area contributed by atoms with E-state index in [-0.39, 0.29) is 17.7 Å². The smallest absolute Gasteiger partial charge is 0.102 e. The Morgan fingerprint density at radius 2 is 1.08 bits per heavy atom. The molecular weight excluding hydrogens is 318 g/mol. The zero-order valence-corrected chi connectivity index (χ0v) is 18.3. The minimum Gasteiger partial charge on any atom is -0.290 e. The summed E-state index contributed by atoms with van der Waals surface area (Å²) in [6, 6.07) is 21.1. The summed E-state index contributed by atoms with van der Waals surface area (Å²) in [7, 11) is 0. The highest BCUT2D eigenvalue weighted by Crippen LogP contribution is 2.32. The highest BCUT2D eigenvalue weighted by molar-refractivity contribution is 5.19. The SMILES string of the molecule is CC.CC.CC(ON(C(C)c1ccccc1)C(C)(C)C)c1ccccc1. The molecule has 0 fully saturated rings. The Hall–Kier alpha value is -1.64. The van der Waals surface area contributed by atoms with Crippen molar-refractivity contribution in [2.24, 2.45) is 0 Å². The van der Waals surface area contributed by atoms with Gasteiger partial charge in [-0.1, -0.05) is 88.4 Å². The second-order valence-corrected chi connectivity index (χ2v) is 6.74. The third kappa shape index (κ3) is 7.72. The molecule has 2 unspecified atom stereocenters. The number of hydrogen-bond acceptors (Lipinski definition) is 2. The third-order valence-electron chi connectivity index (χ3n) is 3.84. The van der Waals surface area contributed by atoms with Crippen LogP contribution in [-0.4, -0.2) is 10.6 Å². The number of hydrogen-bond donors (Lipinski definition) is 0.